The van der Waals surface area contributed by atoms with Crippen LogP contribution in [-0.4, -0.2) is 42.5 Å². The van der Waals surface area contributed by atoms with E-state index in [1.807, 2.05) is 6.07 Å². The van der Waals surface area contributed by atoms with Crippen LogP contribution in [0, 0.1) is 0 Å². The molecule has 0 spiro atoms. The van der Waals surface area contributed by atoms with Gasteiger partial charge in [-0.3, -0.25) is 9.69 Å². The SMILES string of the molecule is CN(Cc1ccccc1CN1CCCC1)C(=O)COc1ccc2ccc(=O)oc2c1. The van der Waals surface area contributed by atoms with Crippen molar-refractivity contribution >= 4 is 16.9 Å². The molecule has 0 radical (unpaired) electrons. The molecule has 1 saturated heterocycles. The summed E-state index contributed by atoms with van der Waals surface area (Å²) in [6.07, 6.45) is 2.52. The van der Waals surface area contributed by atoms with Crippen molar-refractivity contribution in [3.63, 3.8) is 0 Å². The molecule has 0 aliphatic carbocycles. The topological polar surface area (TPSA) is 63.0 Å². The molecule has 0 unspecified atom stereocenters. The fraction of sp³-hybridized carbons (Fsp3) is 0.333. The molecular formula is C24H26N2O4. The van der Waals surface area contributed by atoms with Crippen LogP contribution in [0.5, 0.6) is 5.75 Å². The van der Waals surface area contributed by atoms with E-state index in [9.17, 15) is 9.59 Å². The molecule has 1 amide bonds. The molecule has 6 nitrogen and oxygen atoms in total. The summed E-state index contributed by atoms with van der Waals surface area (Å²) >= 11 is 0. The van der Waals surface area contributed by atoms with Crippen molar-refractivity contribution in [3.05, 3.63) is 76.1 Å². The third kappa shape index (κ3) is 4.89. The van der Waals surface area contributed by atoms with Gasteiger partial charge in [-0.1, -0.05) is 24.3 Å². The van der Waals surface area contributed by atoms with Crippen LogP contribution in [0.2, 0.25) is 0 Å². The second-order valence-electron chi connectivity index (χ2n) is 7.74. The molecule has 0 N–H and O–H groups in total. The number of fused-ring (bicyclic) bond motifs is 1. The molecule has 30 heavy (non-hydrogen) atoms. The molecule has 6 heteroatoms. The normalized spacial score (nSPS) is 14.2. The first-order valence-electron chi connectivity index (χ1n) is 10.3. The van der Waals surface area contributed by atoms with E-state index in [0.717, 1.165) is 30.6 Å². The molecule has 1 fully saturated rings. The maximum absolute atomic E-state index is 12.6. The van der Waals surface area contributed by atoms with Gasteiger partial charge >= 0.3 is 5.63 Å². The molecule has 156 valence electrons. The summed E-state index contributed by atoms with van der Waals surface area (Å²) in [5, 5.41) is 0.806. The van der Waals surface area contributed by atoms with Crippen molar-refractivity contribution in [2.24, 2.45) is 0 Å². The molecule has 2 heterocycles. The van der Waals surface area contributed by atoms with Crippen molar-refractivity contribution in [2.75, 3.05) is 26.7 Å². The molecule has 0 atom stereocenters. The summed E-state index contributed by atoms with van der Waals surface area (Å²) in [7, 11) is 1.79. The zero-order valence-corrected chi connectivity index (χ0v) is 17.2. The lowest BCUT2D eigenvalue weighted by Gasteiger charge is -2.22. The Morgan fingerprint density at radius 2 is 1.80 bits per heavy atom. The Bertz CT molecular complexity index is 1090. The number of rotatable bonds is 7. The maximum atomic E-state index is 12.6. The van der Waals surface area contributed by atoms with Gasteiger partial charge in [0.2, 0.25) is 0 Å². The number of carbonyl (C=O) groups excluding carboxylic acids is 1. The summed E-state index contributed by atoms with van der Waals surface area (Å²) in [6.45, 7) is 3.68. The average molecular weight is 406 g/mol. The van der Waals surface area contributed by atoms with Crippen LogP contribution in [-0.2, 0) is 17.9 Å². The Labute approximate surface area is 175 Å². The Morgan fingerprint density at radius 1 is 1.07 bits per heavy atom. The summed E-state index contributed by atoms with van der Waals surface area (Å²) in [5.74, 6) is 0.383. The minimum Gasteiger partial charge on any atom is -0.484 e. The van der Waals surface area contributed by atoms with Gasteiger partial charge in [0.25, 0.3) is 5.91 Å². The molecule has 0 saturated carbocycles. The lowest BCUT2D eigenvalue weighted by Crippen LogP contribution is -2.31. The van der Waals surface area contributed by atoms with Gasteiger partial charge in [0.05, 0.1) is 0 Å². The van der Waals surface area contributed by atoms with Crippen LogP contribution in [0.4, 0.5) is 0 Å². The van der Waals surface area contributed by atoms with E-state index in [1.165, 1.54) is 24.5 Å². The predicted octanol–water partition coefficient (Wildman–Crippen LogP) is 3.43. The van der Waals surface area contributed by atoms with Crippen LogP contribution in [0.1, 0.15) is 24.0 Å². The Balaban J connectivity index is 1.37. The van der Waals surface area contributed by atoms with E-state index in [0.29, 0.717) is 17.9 Å². The van der Waals surface area contributed by atoms with E-state index in [-0.39, 0.29) is 12.5 Å². The van der Waals surface area contributed by atoms with Gasteiger partial charge in [-0.25, -0.2) is 4.79 Å². The molecule has 1 aliphatic rings. The van der Waals surface area contributed by atoms with Gasteiger partial charge in [-0.15, -0.1) is 0 Å². The van der Waals surface area contributed by atoms with Crippen LogP contribution in [0.15, 0.2) is 63.8 Å². The lowest BCUT2D eigenvalue weighted by molar-refractivity contribution is -0.132. The molecule has 4 rings (SSSR count). The first kappa shape index (κ1) is 20.2. The van der Waals surface area contributed by atoms with E-state index >= 15 is 0 Å². The Kier molecular flexibility index (Phi) is 6.14. The number of amides is 1. The summed E-state index contributed by atoms with van der Waals surface area (Å²) < 4.78 is 10.8. The number of hydrogen-bond acceptors (Lipinski definition) is 5. The van der Waals surface area contributed by atoms with Crippen LogP contribution in [0.3, 0.4) is 0 Å². The predicted molar refractivity (Wildman–Crippen MR) is 115 cm³/mol. The van der Waals surface area contributed by atoms with Crippen molar-refractivity contribution in [3.8, 4) is 5.75 Å². The van der Waals surface area contributed by atoms with Crippen molar-refractivity contribution in [1.82, 2.24) is 9.80 Å². The summed E-state index contributed by atoms with van der Waals surface area (Å²) in [4.78, 5) is 28.1. The van der Waals surface area contributed by atoms with Gasteiger partial charge in [0.15, 0.2) is 6.61 Å². The minimum atomic E-state index is -0.414. The monoisotopic (exact) mass is 406 g/mol. The zero-order chi connectivity index (χ0) is 20.9. The summed E-state index contributed by atoms with van der Waals surface area (Å²) in [5.41, 5.74) is 2.46. The van der Waals surface area contributed by atoms with Gasteiger partial charge in [-0.05, 0) is 55.3 Å². The van der Waals surface area contributed by atoms with Gasteiger partial charge < -0.3 is 14.1 Å². The standard InChI is InChI=1S/C24H26N2O4/c1-25(15-19-6-2-3-7-20(19)16-26-12-4-5-13-26)23(27)17-29-21-10-8-18-9-11-24(28)30-22(18)14-21/h2-3,6-11,14H,4-5,12-13,15-17H2,1H3. The third-order valence-corrected chi connectivity index (χ3v) is 5.50. The van der Waals surface area contributed by atoms with Crippen LogP contribution >= 0.6 is 0 Å². The van der Waals surface area contributed by atoms with Gasteiger partial charge in [-0.2, -0.15) is 0 Å². The zero-order valence-electron chi connectivity index (χ0n) is 17.2. The largest absolute Gasteiger partial charge is 0.484 e. The summed E-state index contributed by atoms with van der Waals surface area (Å²) in [6, 6.07) is 16.6. The molecule has 1 aliphatic heterocycles. The first-order chi connectivity index (χ1) is 14.6. The highest BCUT2D eigenvalue weighted by atomic mass is 16.5. The molecular weight excluding hydrogens is 380 g/mol. The highest BCUT2D eigenvalue weighted by Crippen LogP contribution is 2.20. The van der Waals surface area contributed by atoms with Crippen LogP contribution < -0.4 is 10.4 Å². The molecule has 1 aromatic heterocycles. The number of nitrogens with zero attached hydrogens (tertiary/aromatic N) is 2. The van der Waals surface area contributed by atoms with Crippen molar-refractivity contribution < 1.29 is 13.9 Å². The quantitative estimate of drug-likeness (QED) is 0.563. The van der Waals surface area contributed by atoms with Gasteiger partial charge in [0, 0.05) is 37.7 Å². The molecule has 2 aromatic carbocycles. The number of likely N-dealkylation sites (N-methyl/N-ethyl adjacent to an activating group) is 1. The average Bonchev–Trinajstić information content (AvgIpc) is 3.26. The smallest absolute Gasteiger partial charge is 0.336 e. The fourth-order valence-electron chi connectivity index (χ4n) is 3.78. The second kappa shape index (κ2) is 9.13. The number of ether oxygens (including phenoxy) is 1. The maximum Gasteiger partial charge on any atom is 0.336 e. The van der Waals surface area contributed by atoms with Crippen molar-refractivity contribution in [2.45, 2.75) is 25.9 Å². The number of carbonyl (C=O) groups is 1. The van der Waals surface area contributed by atoms with E-state index in [1.54, 1.807) is 36.2 Å². The van der Waals surface area contributed by atoms with E-state index < -0.39 is 5.63 Å². The number of hydrogen-bond donors (Lipinski definition) is 0. The Hall–Kier alpha value is -3.12. The second-order valence-corrected chi connectivity index (χ2v) is 7.74. The highest BCUT2D eigenvalue weighted by Gasteiger charge is 2.16. The number of likely N-dealkylation sites (tertiary alicyclic amines) is 1. The Morgan fingerprint density at radius 3 is 2.60 bits per heavy atom. The minimum absolute atomic E-state index is 0.0760. The van der Waals surface area contributed by atoms with Gasteiger partial charge in [0.1, 0.15) is 11.3 Å². The van der Waals surface area contributed by atoms with Crippen LogP contribution in [0.25, 0.3) is 11.0 Å². The lowest BCUT2D eigenvalue weighted by atomic mass is 10.1. The van der Waals surface area contributed by atoms with E-state index in [4.69, 9.17) is 9.15 Å². The molecule has 3 aromatic rings. The first-order valence-corrected chi connectivity index (χ1v) is 10.3. The van der Waals surface area contributed by atoms with E-state index in [2.05, 4.69) is 23.1 Å². The molecule has 0 bridgehead atoms. The number of benzene rings is 2. The highest BCUT2D eigenvalue weighted by molar-refractivity contribution is 5.79. The fourth-order valence-corrected chi connectivity index (χ4v) is 3.78. The van der Waals surface area contributed by atoms with Crippen molar-refractivity contribution in [1.29, 1.82) is 0 Å². The third-order valence-electron chi connectivity index (χ3n) is 5.50.